The second-order valence-electron chi connectivity index (χ2n) is 5.81. The molecule has 2 aliphatic rings. The second-order valence-corrected chi connectivity index (χ2v) is 5.81. The molecule has 2 heterocycles. The van der Waals surface area contributed by atoms with Crippen molar-refractivity contribution in [1.82, 2.24) is 0 Å². The maximum absolute atomic E-state index is 6.19. The van der Waals surface area contributed by atoms with Gasteiger partial charge >= 0.3 is 0 Å². The molecule has 3 nitrogen and oxygen atoms in total. The van der Waals surface area contributed by atoms with Gasteiger partial charge in [-0.25, -0.2) is 0 Å². The molecule has 2 atom stereocenters. The summed E-state index contributed by atoms with van der Waals surface area (Å²) in [6.45, 7) is 2.75. The lowest BCUT2D eigenvalue weighted by Gasteiger charge is -2.49. The molecule has 2 unspecified atom stereocenters. The predicted octanol–water partition coefficient (Wildman–Crippen LogP) is 2.93. The molecule has 3 heteroatoms. The van der Waals surface area contributed by atoms with E-state index in [0.717, 1.165) is 25.2 Å². The highest BCUT2D eigenvalue weighted by molar-refractivity contribution is 5.53. The number of hydrogen-bond acceptors (Lipinski definition) is 3. The van der Waals surface area contributed by atoms with Crippen molar-refractivity contribution in [2.45, 2.75) is 57.2 Å². The summed E-state index contributed by atoms with van der Waals surface area (Å²) in [7, 11) is 0. The van der Waals surface area contributed by atoms with Crippen LogP contribution in [0.4, 0.5) is 5.69 Å². The molecule has 0 amide bonds. The van der Waals surface area contributed by atoms with Gasteiger partial charge in [-0.2, -0.15) is 0 Å². The van der Waals surface area contributed by atoms with Gasteiger partial charge in [0.2, 0.25) is 0 Å². The number of fused-ring (bicyclic) bond motifs is 2. The quantitative estimate of drug-likeness (QED) is 0.908. The highest BCUT2D eigenvalue weighted by Gasteiger charge is 2.37. The Morgan fingerprint density at radius 3 is 2.68 bits per heavy atom. The summed E-state index contributed by atoms with van der Waals surface area (Å²) in [5, 5.41) is 0. The van der Waals surface area contributed by atoms with Crippen molar-refractivity contribution in [3.8, 4) is 5.75 Å². The molecule has 1 aromatic carbocycles. The third-order valence-electron chi connectivity index (χ3n) is 4.44. The summed E-state index contributed by atoms with van der Waals surface area (Å²) >= 11 is 0. The first-order chi connectivity index (χ1) is 9.28. The number of rotatable bonds is 3. The van der Waals surface area contributed by atoms with Crippen LogP contribution in [-0.2, 0) is 0 Å². The first-order valence-electron chi connectivity index (χ1n) is 7.54. The van der Waals surface area contributed by atoms with Crippen molar-refractivity contribution in [2.24, 2.45) is 5.73 Å². The summed E-state index contributed by atoms with van der Waals surface area (Å²) in [5.41, 5.74) is 7.50. The monoisotopic (exact) mass is 260 g/mol. The smallest absolute Gasteiger partial charge is 0.121 e. The first kappa shape index (κ1) is 12.8. The van der Waals surface area contributed by atoms with Gasteiger partial charge in [0, 0.05) is 29.9 Å². The fourth-order valence-electron chi connectivity index (χ4n) is 3.75. The molecule has 1 aromatic rings. The first-order valence-corrected chi connectivity index (χ1v) is 7.54. The van der Waals surface area contributed by atoms with Crippen LogP contribution in [0, 0.1) is 0 Å². The molecule has 2 aliphatic heterocycles. The van der Waals surface area contributed by atoms with Gasteiger partial charge in [-0.3, -0.25) is 0 Å². The van der Waals surface area contributed by atoms with Crippen LogP contribution in [0.2, 0.25) is 0 Å². The molecule has 0 spiro atoms. The molecule has 19 heavy (non-hydrogen) atoms. The number of anilines is 1. The van der Waals surface area contributed by atoms with Crippen LogP contribution in [0.15, 0.2) is 24.3 Å². The molecule has 2 bridgehead atoms. The molecule has 0 aliphatic carbocycles. The Balaban J connectivity index is 1.86. The Labute approximate surface area is 115 Å². The Kier molecular flexibility index (Phi) is 3.65. The number of benzene rings is 1. The molecule has 2 N–H and O–H groups in total. The zero-order valence-corrected chi connectivity index (χ0v) is 11.7. The van der Waals surface area contributed by atoms with E-state index in [9.17, 15) is 0 Å². The zero-order valence-electron chi connectivity index (χ0n) is 11.7. The molecular weight excluding hydrogens is 236 g/mol. The summed E-state index contributed by atoms with van der Waals surface area (Å²) in [5.74, 6) is 0.980. The number of nitrogens with two attached hydrogens (primary N) is 1. The number of nitrogens with zero attached hydrogens (tertiary/aromatic N) is 1. The topological polar surface area (TPSA) is 38.5 Å². The Bertz CT molecular complexity index is 421. The van der Waals surface area contributed by atoms with Crippen molar-refractivity contribution < 1.29 is 4.74 Å². The lowest BCUT2D eigenvalue weighted by atomic mass is 9.81. The van der Waals surface area contributed by atoms with Gasteiger partial charge in [0.15, 0.2) is 0 Å². The molecule has 0 saturated carbocycles. The van der Waals surface area contributed by atoms with Crippen LogP contribution in [0.25, 0.3) is 0 Å². The van der Waals surface area contributed by atoms with Crippen molar-refractivity contribution >= 4 is 5.69 Å². The predicted molar refractivity (Wildman–Crippen MR) is 78.7 cm³/mol. The summed E-state index contributed by atoms with van der Waals surface area (Å²) in [4.78, 5) is 2.61. The molecule has 0 aromatic heterocycles. The fourth-order valence-corrected chi connectivity index (χ4v) is 3.75. The van der Waals surface area contributed by atoms with E-state index < -0.39 is 0 Å². The van der Waals surface area contributed by atoms with E-state index in [-0.39, 0.29) is 0 Å². The minimum Gasteiger partial charge on any atom is -0.494 e. The molecule has 2 saturated heterocycles. The summed E-state index contributed by atoms with van der Waals surface area (Å²) < 4.78 is 5.63. The van der Waals surface area contributed by atoms with Crippen molar-refractivity contribution in [2.75, 3.05) is 11.5 Å². The Hall–Kier alpha value is -1.22. The number of ether oxygens (including phenoxy) is 1. The highest BCUT2D eigenvalue weighted by atomic mass is 16.5. The molecular formula is C16H24N2O. The number of piperidine rings is 2. The van der Waals surface area contributed by atoms with Crippen molar-refractivity contribution in [3.63, 3.8) is 0 Å². The van der Waals surface area contributed by atoms with Crippen LogP contribution < -0.4 is 15.4 Å². The van der Waals surface area contributed by atoms with Crippen molar-refractivity contribution in [1.29, 1.82) is 0 Å². The minimum absolute atomic E-state index is 0.390. The van der Waals surface area contributed by atoms with E-state index in [0.29, 0.717) is 18.1 Å². The summed E-state index contributed by atoms with van der Waals surface area (Å²) in [6.07, 6.45) is 6.18. The van der Waals surface area contributed by atoms with Gasteiger partial charge in [0.25, 0.3) is 0 Å². The van der Waals surface area contributed by atoms with Gasteiger partial charge < -0.3 is 15.4 Å². The van der Waals surface area contributed by atoms with Crippen LogP contribution in [0.1, 0.15) is 39.0 Å². The lowest BCUT2D eigenvalue weighted by molar-refractivity contribution is 0.271. The second kappa shape index (κ2) is 5.41. The average molecular weight is 260 g/mol. The van der Waals surface area contributed by atoms with Crippen LogP contribution >= 0.6 is 0 Å². The Morgan fingerprint density at radius 1 is 1.26 bits per heavy atom. The minimum atomic E-state index is 0.390. The van der Waals surface area contributed by atoms with E-state index in [1.165, 1.54) is 24.9 Å². The largest absolute Gasteiger partial charge is 0.494 e. The molecule has 104 valence electrons. The lowest BCUT2D eigenvalue weighted by Crippen LogP contribution is -2.55. The highest BCUT2D eigenvalue weighted by Crippen LogP contribution is 2.38. The Morgan fingerprint density at radius 2 is 2.00 bits per heavy atom. The van der Waals surface area contributed by atoms with E-state index in [4.69, 9.17) is 10.5 Å². The van der Waals surface area contributed by atoms with Gasteiger partial charge in [-0.05, 0) is 51.2 Å². The molecule has 2 fully saturated rings. The van der Waals surface area contributed by atoms with Crippen LogP contribution in [-0.4, -0.2) is 24.7 Å². The summed E-state index contributed by atoms with van der Waals surface area (Å²) in [6, 6.07) is 10.2. The van der Waals surface area contributed by atoms with E-state index >= 15 is 0 Å². The maximum Gasteiger partial charge on any atom is 0.121 e. The van der Waals surface area contributed by atoms with Gasteiger partial charge in [0.1, 0.15) is 5.75 Å². The number of hydrogen-bond donors (Lipinski definition) is 1. The average Bonchev–Trinajstić information content (AvgIpc) is 2.38. The zero-order chi connectivity index (χ0) is 13.2. The standard InChI is InChI=1S/C16H24N2O/c1-2-19-16-8-4-7-15(11-16)18-13-5-3-6-14(18)10-12(17)9-13/h4,7-8,11-14H,2-3,5-6,9-10,17H2,1H3. The normalized spacial score (nSPS) is 30.2. The van der Waals surface area contributed by atoms with Gasteiger partial charge in [-0.15, -0.1) is 0 Å². The van der Waals surface area contributed by atoms with Gasteiger partial charge in [-0.1, -0.05) is 6.07 Å². The van der Waals surface area contributed by atoms with Crippen molar-refractivity contribution in [3.05, 3.63) is 24.3 Å². The van der Waals surface area contributed by atoms with Gasteiger partial charge in [0.05, 0.1) is 6.61 Å². The fraction of sp³-hybridized carbons (Fsp3) is 0.625. The van der Waals surface area contributed by atoms with E-state index in [1.807, 2.05) is 13.0 Å². The molecule has 3 rings (SSSR count). The van der Waals surface area contributed by atoms with Crippen LogP contribution in [0.3, 0.4) is 0 Å². The van der Waals surface area contributed by atoms with Crippen LogP contribution in [0.5, 0.6) is 5.75 Å². The third kappa shape index (κ3) is 2.57. The van der Waals surface area contributed by atoms with E-state index in [2.05, 4.69) is 23.1 Å². The SMILES string of the molecule is CCOc1cccc(N2C3CCCC2CC(N)C3)c1. The third-order valence-corrected chi connectivity index (χ3v) is 4.44. The van der Waals surface area contributed by atoms with E-state index in [1.54, 1.807) is 0 Å². The maximum atomic E-state index is 6.19. The molecule has 0 radical (unpaired) electrons.